The molecule has 11 heavy (non-hydrogen) atoms. The van der Waals surface area contributed by atoms with Crippen molar-refractivity contribution in [1.29, 1.82) is 0 Å². The normalized spacial score (nSPS) is 9.64. The second-order valence-electron chi connectivity index (χ2n) is 2.20. The van der Waals surface area contributed by atoms with Crippen LogP contribution in [-0.2, 0) is 0 Å². The molecule has 1 aromatic heterocycles. The lowest BCUT2D eigenvalue weighted by atomic mass is 10.3. The van der Waals surface area contributed by atoms with E-state index in [2.05, 4.69) is 5.32 Å². The summed E-state index contributed by atoms with van der Waals surface area (Å²) in [5.74, 6) is 0. The molecule has 3 nitrogen and oxygen atoms in total. The number of carbonyl (C=O) groups is 1. The van der Waals surface area contributed by atoms with Crippen molar-refractivity contribution in [2.45, 2.75) is 6.92 Å². The fraction of sp³-hybridized carbons (Fsp3) is 0.250. The smallest absolute Gasteiger partial charge is 0.325 e. The zero-order valence-electron chi connectivity index (χ0n) is 6.66. The van der Waals surface area contributed by atoms with Crippen molar-refractivity contribution >= 4 is 6.03 Å². The number of carbonyl (C=O) groups excluding carboxylic acids is 1. The molecule has 0 atom stereocenters. The first kappa shape index (κ1) is 7.85. The van der Waals surface area contributed by atoms with Gasteiger partial charge in [0.05, 0.1) is 0 Å². The minimum Gasteiger partial charge on any atom is -0.340 e. The second kappa shape index (κ2) is 3.23. The predicted molar refractivity (Wildman–Crippen MR) is 43.4 cm³/mol. The Morgan fingerprint density at radius 1 is 1.73 bits per heavy atom. The minimum atomic E-state index is -0.113. The second-order valence-corrected chi connectivity index (χ2v) is 2.20. The van der Waals surface area contributed by atoms with E-state index < -0.39 is 0 Å². The molecule has 0 fully saturated rings. The molecule has 1 N–H and O–H groups in total. The predicted octanol–water partition coefficient (Wildman–Crippen LogP) is 1.25. The molecule has 0 aromatic carbocycles. The first-order valence-electron chi connectivity index (χ1n) is 3.47. The van der Waals surface area contributed by atoms with Gasteiger partial charge in [0.1, 0.15) is 0 Å². The third-order valence-corrected chi connectivity index (χ3v) is 1.50. The molecular weight excluding hydrogens is 140 g/mol. The third-order valence-electron chi connectivity index (χ3n) is 1.50. The highest BCUT2D eigenvalue weighted by atomic mass is 16.2. The molecule has 1 aromatic rings. The summed E-state index contributed by atoms with van der Waals surface area (Å²) in [5, 5.41) is 2.53. The number of amides is 1. The maximum absolute atomic E-state index is 11.0. The first-order chi connectivity index (χ1) is 5.27. The SMILES string of the molecule is C[CH]c1ccn(C(=O)NC)c1. The van der Waals surface area contributed by atoms with Crippen LogP contribution < -0.4 is 5.32 Å². The summed E-state index contributed by atoms with van der Waals surface area (Å²) >= 11 is 0. The molecule has 0 aliphatic carbocycles. The van der Waals surface area contributed by atoms with Gasteiger partial charge in [-0.15, -0.1) is 0 Å². The summed E-state index contributed by atoms with van der Waals surface area (Å²) in [4.78, 5) is 11.0. The van der Waals surface area contributed by atoms with Crippen LogP contribution in [0.25, 0.3) is 0 Å². The molecule has 0 saturated heterocycles. The van der Waals surface area contributed by atoms with Crippen LogP contribution >= 0.6 is 0 Å². The van der Waals surface area contributed by atoms with Gasteiger partial charge in [0.25, 0.3) is 0 Å². The Hall–Kier alpha value is -1.25. The van der Waals surface area contributed by atoms with E-state index in [4.69, 9.17) is 0 Å². The van der Waals surface area contributed by atoms with Crippen molar-refractivity contribution in [2.75, 3.05) is 7.05 Å². The summed E-state index contributed by atoms with van der Waals surface area (Å²) in [7, 11) is 1.61. The maximum atomic E-state index is 11.0. The number of aromatic nitrogens is 1. The van der Waals surface area contributed by atoms with Gasteiger partial charge in [-0.2, -0.15) is 0 Å². The summed E-state index contributed by atoms with van der Waals surface area (Å²) in [6.45, 7) is 1.93. The average molecular weight is 151 g/mol. The number of nitrogens with one attached hydrogen (secondary N) is 1. The Balaban J connectivity index is 2.80. The molecule has 0 spiro atoms. The number of hydrogen-bond acceptors (Lipinski definition) is 1. The zero-order chi connectivity index (χ0) is 8.27. The van der Waals surface area contributed by atoms with Crippen molar-refractivity contribution in [2.24, 2.45) is 0 Å². The highest BCUT2D eigenvalue weighted by Crippen LogP contribution is 2.02. The van der Waals surface area contributed by atoms with Gasteiger partial charge in [-0.25, -0.2) is 4.79 Å². The number of hydrogen-bond donors (Lipinski definition) is 1. The van der Waals surface area contributed by atoms with Gasteiger partial charge in [0, 0.05) is 19.4 Å². The van der Waals surface area contributed by atoms with Crippen LogP contribution in [0.5, 0.6) is 0 Å². The lowest BCUT2D eigenvalue weighted by Crippen LogP contribution is -2.22. The van der Waals surface area contributed by atoms with E-state index in [1.165, 1.54) is 4.57 Å². The van der Waals surface area contributed by atoms with E-state index in [-0.39, 0.29) is 6.03 Å². The van der Waals surface area contributed by atoms with Crippen LogP contribution in [0.15, 0.2) is 18.5 Å². The van der Waals surface area contributed by atoms with E-state index >= 15 is 0 Å². The molecule has 59 valence electrons. The molecule has 1 heterocycles. The van der Waals surface area contributed by atoms with Gasteiger partial charge in [-0.1, -0.05) is 6.92 Å². The Labute approximate surface area is 66.0 Å². The van der Waals surface area contributed by atoms with Crippen LogP contribution in [0.2, 0.25) is 0 Å². The molecule has 0 bridgehead atoms. The topological polar surface area (TPSA) is 34.0 Å². The maximum Gasteiger partial charge on any atom is 0.325 e. The number of nitrogens with zero attached hydrogens (tertiary/aromatic N) is 1. The summed E-state index contributed by atoms with van der Waals surface area (Å²) in [6.07, 6.45) is 5.45. The monoisotopic (exact) mass is 151 g/mol. The lowest BCUT2D eigenvalue weighted by Gasteiger charge is -1.97. The van der Waals surface area contributed by atoms with E-state index in [0.29, 0.717) is 0 Å². The largest absolute Gasteiger partial charge is 0.340 e. The third kappa shape index (κ3) is 1.61. The Morgan fingerprint density at radius 3 is 2.91 bits per heavy atom. The first-order valence-corrected chi connectivity index (χ1v) is 3.47. The average Bonchev–Trinajstić information content (AvgIpc) is 2.50. The van der Waals surface area contributed by atoms with Gasteiger partial charge in [-0.05, 0) is 18.1 Å². The molecule has 1 rings (SSSR count). The van der Waals surface area contributed by atoms with E-state index in [0.717, 1.165) is 5.56 Å². The minimum absolute atomic E-state index is 0.113. The van der Waals surface area contributed by atoms with Crippen LogP contribution in [0.4, 0.5) is 4.79 Å². The standard InChI is InChI=1S/C8H11N2O/c1-3-7-4-5-10(6-7)8(11)9-2/h3-6H,1-2H3,(H,9,11). The Morgan fingerprint density at radius 2 is 2.45 bits per heavy atom. The van der Waals surface area contributed by atoms with Crippen LogP contribution in [0.3, 0.4) is 0 Å². The summed E-state index contributed by atoms with van der Waals surface area (Å²) in [5.41, 5.74) is 1.05. The fourth-order valence-corrected chi connectivity index (χ4v) is 0.839. The molecular formula is C8H11N2O. The molecule has 0 aliphatic rings. The molecule has 3 heteroatoms. The highest BCUT2D eigenvalue weighted by Gasteiger charge is 2.00. The van der Waals surface area contributed by atoms with Crippen molar-refractivity contribution in [3.05, 3.63) is 30.4 Å². The molecule has 0 unspecified atom stereocenters. The van der Waals surface area contributed by atoms with Crippen LogP contribution in [-0.4, -0.2) is 17.6 Å². The van der Waals surface area contributed by atoms with E-state index in [9.17, 15) is 4.79 Å². The zero-order valence-corrected chi connectivity index (χ0v) is 6.66. The van der Waals surface area contributed by atoms with Crippen LogP contribution in [0.1, 0.15) is 12.5 Å². The lowest BCUT2D eigenvalue weighted by molar-refractivity contribution is 0.244. The fourth-order valence-electron chi connectivity index (χ4n) is 0.839. The molecule has 1 amide bonds. The Bertz CT molecular complexity index is 252. The molecule has 1 radical (unpaired) electrons. The van der Waals surface area contributed by atoms with Crippen molar-refractivity contribution in [3.63, 3.8) is 0 Å². The highest BCUT2D eigenvalue weighted by molar-refractivity contribution is 5.76. The molecule has 0 aliphatic heterocycles. The molecule has 0 saturated carbocycles. The number of rotatable bonds is 1. The van der Waals surface area contributed by atoms with Crippen molar-refractivity contribution in [3.8, 4) is 0 Å². The van der Waals surface area contributed by atoms with Gasteiger partial charge in [-0.3, -0.25) is 4.57 Å². The summed E-state index contributed by atoms with van der Waals surface area (Å²) in [6, 6.07) is 1.77. The van der Waals surface area contributed by atoms with Crippen molar-refractivity contribution in [1.82, 2.24) is 9.88 Å². The Kier molecular flexibility index (Phi) is 2.31. The van der Waals surface area contributed by atoms with Crippen molar-refractivity contribution < 1.29 is 4.79 Å². The summed E-state index contributed by atoms with van der Waals surface area (Å²) < 4.78 is 1.51. The quantitative estimate of drug-likeness (QED) is 0.644. The van der Waals surface area contributed by atoms with E-state index in [1.54, 1.807) is 19.4 Å². The van der Waals surface area contributed by atoms with Gasteiger partial charge in [0.2, 0.25) is 0 Å². The van der Waals surface area contributed by atoms with E-state index in [1.807, 2.05) is 19.4 Å². The van der Waals surface area contributed by atoms with Gasteiger partial charge in [0.15, 0.2) is 0 Å². The van der Waals surface area contributed by atoms with Gasteiger partial charge >= 0.3 is 6.03 Å². The van der Waals surface area contributed by atoms with Gasteiger partial charge < -0.3 is 5.32 Å². The van der Waals surface area contributed by atoms with Crippen LogP contribution in [0, 0.1) is 6.42 Å².